The number of para-hydroxylation sites is 1. The summed E-state index contributed by atoms with van der Waals surface area (Å²) in [6.45, 7) is 1.81. The number of nitriles is 1. The van der Waals surface area contributed by atoms with Gasteiger partial charge in [0.2, 0.25) is 0 Å². The van der Waals surface area contributed by atoms with E-state index >= 15 is 0 Å². The molecule has 0 bridgehead atoms. The molecule has 0 spiro atoms. The minimum Gasteiger partial charge on any atom is -0.339 e. The van der Waals surface area contributed by atoms with Crippen molar-refractivity contribution in [3.63, 3.8) is 0 Å². The first-order chi connectivity index (χ1) is 10.2. The number of aromatic nitrogens is 1. The van der Waals surface area contributed by atoms with Crippen molar-refractivity contribution in [2.24, 2.45) is 0 Å². The van der Waals surface area contributed by atoms with Crippen LogP contribution in [0.2, 0.25) is 0 Å². The fraction of sp³-hybridized carbons (Fsp3) is 0.0588. The van der Waals surface area contributed by atoms with Crippen LogP contribution >= 0.6 is 0 Å². The van der Waals surface area contributed by atoms with Gasteiger partial charge < -0.3 is 5.32 Å². The van der Waals surface area contributed by atoms with Crippen molar-refractivity contribution in [1.82, 2.24) is 4.98 Å². The molecule has 1 aromatic heterocycles. The molecule has 0 radical (unpaired) electrons. The standard InChI is InChI=1S/C17H12FN3/c1-11-6-14(18)9-15(7-11)20-17-13(10-19)8-12-4-2-3-5-16(12)21-17/h2-9H,1H3,(H,20,21). The Morgan fingerprint density at radius 3 is 2.71 bits per heavy atom. The molecule has 1 N–H and O–H groups in total. The van der Waals surface area contributed by atoms with Crippen molar-refractivity contribution in [2.75, 3.05) is 5.32 Å². The molecule has 0 saturated carbocycles. The summed E-state index contributed by atoms with van der Waals surface area (Å²) in [5.41, 5.74) is 2.59. The van der Waals surface area contributed by atoms with Gasteiger partial charge in [0.1, 0.15) is 17.7 Å². The molecule has 21 heavy (non-hydrogen) atoms. The van der Waals surface area contributed by atoms with Crippen LogP contribution in [-0.2, 0) is 0 Å². The minimum absolute atomic E-state index is 0.322. The molecule has 1 heterocycles. The van der Waals surface area contributed by atoms with E-state index in [4.69, 9.17) is 0 Å². The lowest BCUT2D eigenvalue weighted by Gasteiger charge is -2.09. The van der Waals surface area contributed by atoms with Crippen LogP contribution in [0.15, 0.2) is 48.5 Å². The molecular weight excluding hydrogens is 265 g/mol. The predicted octanol–water partition coefficient (Wildman–Crippen LogP) is 4.30. The Kier molecular flexibility index (Phi) is 3.25. The van der Waals surface area contributed by atoms with Crippen molar-refractivity contribution in [2.45, 2.75) is 6.92 Å². The van der Waals surface area contributed by atoms with Gasteiger partial charge in [-0.1, -0.05) is 18.2 Å². The van der Waals surface area contributed by atoms with Gasteiger partial charge in [-0.25, -0.2) is 9.37 Å². The van der Waals surface area contributed by atoms with E-state index in [0.717, 1.165) is 16.5 Å². The Morgan fingerprint density at radius 2 is 1.95 bits per heavy atom. The zero-order valence-corrected chi connectivity index (χ0v) is 11.4. The fourth-order valence-electron chi connectivity index (χ4n) is 2.24. The molecule has 3 rings (SSSR count). The normalized spacial score (nSPS) is 10.3. The third kappa shape index (κ3) is 2.67. The second-order valence-corrected chi connectivity index (χ2v) is 4.83. The number of aryl methyl sites for hydroxylation is 1. The topological polar surface area (TPSA) is 48.7 Å². The van der Waals surface area contributed by atoms with E-state index in [-0.39, 0.29) is 5.82 Å². The lowest BCUT2D eigenvalue weighted by molar-refractivity contribution is 0.627. The molecule has 0 atom stereocenters. The van der Waals surface area contributed by atoms with Crippen LogP contribution in [0.25, 0.3) is 10.9 Å². The number of hydrogen-bond acceptors (Lipinski definition) is 3. The summed E-state index contributed by atoms with van der Waals surface area (Å²) in [5, 5.41) is 13.2. The fourth-order valence-corrected chi connectivity index (χ4v) is 2.24. The van der Waals surface area contributed by atoms with Crippen molar-refractivity contribution in [3.05, 3.63) is 65.5 Å². The highest BCUT2D eigenvalue weighted by atomic mass is 19.1. The maximum atomic E-state index is 13.4. The maximum absolute atomic E-state index is 13.4. The zero-order valence-electron chi connectivity index (χ0n) is 11.4. The van der Waals surface area contributed by atoms with E-state index in [1.807, 2.05) is 31.2 Å². The molecule has 0 aliphatic rings. The van der Waals surface area contributed by atoms with Gasteiger partial charge in [-0.05, 0) is 42.8 Å². The summed E-state index contributed by atoms with van der Waals surface area (Å²) in [5.74, 6) is 0.109. The molecule has 0 aliphatic heterocycles. The molecule has 0 unspecified atom stereocenters. The van der Waals surface area contributed by atoms with E-state index in [1.54, 1.807) is 12.1 Å². The van der Waals surface area contributed by atoms with Gasteiger partial charge in [-0.2, -0.15) is 5.26 Å². The Balaban J connectivity index is 2.09. The summed E-state index contributed by atoms with van der Waals surface area (Å²) in [4.78, 5) is 4.44. The highest BCUT2D eigenvalue weighted by Crippen LogP contribution is 2.24. The number of anilines is 2. The summed E-state index contributed by atoms with van der Waals surface area (Å²) in [7, 11) is 0. The Labute approximate surface area is 121 Å². The predicted molar refractivity (Wildman–Crippen MR) is 80.9 cm³/mol. The monoisotopic (exact) mass is 277 g/mol. The number of rotatable bonds is 2. The van der Waals surface area contributed by atoms with Gasteiger partial charge in [0.05, 0.1) is 11.1 Å². The molecule has 3 nitrogen and oxygen atoms in total. The second-order valence-electron chi connectivity index (χ2n) is 4.83. The Bertz CT molecular complexity index is 845. The average molecular weight is 277 g/mol. The molecule has 0 saturated heterocycles. The summed E-state index contributed by atoms with van der Waals surface area (Å²) in [6, 6.07) is 16.1. The molecule has 0 aliphatic carbocycles. The van der Waals surface area contributed by atoms with Crippen LogP contribution in [-0.4, -0.2) is 4.98 Å². The SMILES string of the molecule is Cc1cc(F)cc(Nc2nc3ccccc3cc2C#N)c1. The number of pyridine rings is 1. The van der Waals surface area contributed by atoms with Gasteiger partial charge >= 0.3 is 0 Å². The Morgan fingerprint density at radius 1 is 1.14 bits per heavy atom. The van der Waals surface area contributed by atoms with E-state index in [0.29, 0.717) is 17.1 Å². The van der Waals surface area contributed by atoms with E-state index in [1.165, 1.54) is 12.1 Å². The highest BCUT2D eigenvalue weighted by molar-refractivity contribution is 5.83. The van der Waals surface area contributed by atoms with Gasteiger partial charge in [0.15, 0.2) is 0 Å². The third-order valence-electron chi connectivity index (χ3n) is 3.15. The number of benzene rings is 2. The van der Waals surface area contributed by atoms with Crippen molar-refractivity contribution < 1.29 is 4.39 Å². The Hall–Kier alpha value is -2.93. The van der Waals surface area contributed by atoms with Crippen LogP contribution in [0.5, 0.6) is 0 Å². The van der Waals surface area contributed by atoms with Gasteiger partial charge in [0, 0.05) is 11.1 Å². The molecule has 0 amide bonds. The molecule has 4 heteroatoms. The van der Waals surface area contributed by atoms with Crippen molar-refractivity contribution >= 4 is 22.4 Å². The second kappa shape index (κ2) is 5.22. The number of fused-ring (bicyclic) bond motifs is 1. The van der Waals surface area contributed by atoms with Crippen LogP contribution in [0, 0.1) is 24.1 Å². The smallest absolute Gasteiger partial charge is 0.149 e. The average Bonchev–Trinajstić information content (AvgIpc) is 2.45. The number of nitrogens with zero attached hydrogens (tertiary/aromatic N) is 2. The first-order valence-corrected chi connectivity index (χ1v) is 6.50. The largest absolute Gasteiger partial charge is 0.339 e. The molecular formula is C17H12FN3. The zero-order chi connectivity index (χ0) is 14.8. The lowest BCUT2D eigenvalue weighted by atomic mass is 10.1. The highest BCUT2D eigenvalue weighted by Gasteiger charge is 2.08. The lowest BCUT2D eigenvalue weighted by Crippen LogP contribution is -1.98. The summed E-state index contributed by atoms with van der Waals surface area (Å²) < 4.78 is 13.4. The van der Waals surface area contributed by atoms with E-state index < -0.39 is 0 Å². The number of nitrogens with one attached hydrogen (secondary N) is 1. The van der Waals surface area contributed by atoms with Crippen LogP contribution in [0.4, 0.5) is 15.9 Å². The molecule has 0 fully saturated rings. The van der Waals surface area contributed by atoms with Gasteiger partial charge in [-0.3, -0.25) is 0 Å². The first-order valence-electron chi connectivity index (χ1n) is 6.50. The van der Waals surface area contributed by atoms with Crippen molar-refractivity contribution in [1.29, 1.82) is 5.26 Å². The summed E-state index contributed by atoms with van der Waals surface area (Å²) >= 11 is 0. The minimum atomic E-state index is -0.322. The first kappa shape index (κ1) is 13.1. The molecule has 102 valence electrons. The van der Waals surface area contributed by atoms with E-state index in [2.05, 4.69) is 16.4 Å². The maximum Gasteiger partial charge on any atom is 0.149 e. The van der Waals surface area contributed by atoms with Crippen LogP contribution < -0.4 is 5.32 Å². The van der Waals surface area contributed by atoms with Crippen LogP contribution in [0.1, 0.15) is 11.1 Å². The third-order valence-corrected chi connectivity index (χ3v) is 3.15. The van der Waals surface area contributed by atoms with Gasteiger partial charge in [-0.15, -0.1) is 0 Å². The van der Waals surface area contributed by atoms with Crippen molar-refractivity contribution in [3.8, 4) is 6.07 Å². The van der Waals surface area contributed by atoms with E-state index in [9.17, 15) is 9.65 Å². The molecule has 3 aromatic rings. The quantitative estimate of drug-likeness (QED) is 0.759. The van der Waals surface area contributed by atoms with Crippen LogP contribution in [0.3, 0.4) is 0 Å². The van der Waals surface area contributed by atoms with Gasteiger partial charge in [0.25, 0.3) is 0 Å². The number of halogens is 1. The molecule has 2 aromatic carbocycles. The summed E-state index contributed by atoms with van der Waals surface area (Å²) in [6.07, 6.45) is 0. The number of hydrogen-bond donors (Lipinski definition) is 1.